The molecule has 0 aliphatic heterocycles. The summed E-state index contributed by atoms with van der Waals surface area (Å²) >= 11 is 7.30. The second kappa shape index (κ2) is 6.59. The van der Waals surface area contributed by atoms with Gasteiger partial charge in [-0.1, -0.05) is 23.7 Å². The number of rotatable bonds is 5. The Labute approximate surface area is 121 Å². The second-order valence-corrected chi connectivity index (χ2v) is 5.81. The van der Waals surface area contributed by atoms with Crippen molar-refractivity contribution in [2.24, 2.45) is 0 Å². The van der Waals surface area contributed by atoms with E-state index in [0.717, 1.165) is 20.5 Å². The molecule has 0 radical (unpaired) electrons. The van der Waals surface area contributed by atoms with Crippen LogP contribution < -0.4 is 10.1 Å². The van der Waals surface area contributed by atoms with E-state index in [0.29, 0.717) is 13.0 Å². The highest BCUT2D eigenvalue weighted by Crippen LogP contribution is 2.21. The van der Waals surface area contributed by atoms with Crippen molar-refractivity contribution in [1.82, 2.24) is 5.32 Å². The van der Waals surface area contributed by atoms with Gasteiger partial charge in [-0.2, -0.15) is 0 Å². The predicted molar refractivity (Wildman–Crippen MR) is 77.9 cm³/mol. The number of thiophene rings is 1. The van der Waals surface area contributed by atoms with Gasteiger partial charge in [0, 0.05) is 4.88 Å². The third-order valence-electron chi connectivity index (χ3n) is 2.59. The number of amides is 1. The second-order valence-electron chi connectivity index (χ2n) is 4.01. The summed E-state index contributed by atoms with van der Waals surface area (Å²) in [6.07, 6.45) is 0.344. The van der Waals surface area contributed by atoms with Crippen molar-refractivity contribution >= 4 is 28.8 Å². The molecule has 0 aliphatic carbocycles. The van der Waals surface area contributed by atoms with E-state index in [9.17, 15) is 4.79 Å². The van der Waals surface area contributed by atoms with E-state index in [1.807, 2.05) is 36.4 Å². The van der Waals surface area contributed by atoms with Gasteiger partial charge in [-0.15, -0.1) is 11.3 Å². The molecule has 0 aliphatic rings. The van der Waals surface area contributed by atoms with E-state index in [-0.39, 0.29) is 5.91 Å². The number of carbonyl (C=O) groups excluding carboxylic acids is 1. The number of nitrogens with one attached hydrogen (secondary N) is 1. The molecule has 100 valence electrons. The minimum atomic E-state index is -0.0159. The van der Waals surface area contributed by atoms with E-state index in [1.165, 1.54) is 11.3 Å². The standard InChI is InChI=1S/C14H14ClNO2S/c1-18-11-4-2-3-10(7-11)8-14(17)16-9-12-5-6-13(15)19-12/h2-7H,8-9H2,1H3,(H,16,17). The van der Waals surface area contributed by atoms with Crippen LogP contribution in [0.15, 0.2) is 36.4 Å². The Morgan fingerprint density at radius 2 is 2.21 bits per heavy atom. The molecule has 0 unspecified atom stereocenters. The molecule has 0 spiro atoms. The summed E-state index contributed by atoms with van der Waals surface area (Å²) in [5, 5.41) is 2.87. The van der Waals surface area contributed by atoms with Crippen molar-refractivity contribution in [3.8, 4) is 5.75 Å². The monoisotopic (exact) mass is 295 g/mol. The SMILES string of the molecule is COc1cccc(CC(=O)NCc2ccc(Cl)s2)c1. The first-order valence-electron chi connectivity index (χ1n) is 5.81. The Morgan fingerprint density at radius 1 is 1.37 bits per heavy atom. The number of carbonyl (C=O) groups is 1. The molecule has 0 fully saturated rings. The van der Waals surface area contributed by atoms with Gasteiger partial charge in [0.2, 0.25) is 5.91 Å². The lowest BCUT2D eigenvalue weighted by atomic mass is 10.1. The first-order chi connectivity index (χ1) is 9.17. The van der Waals surface area contributed by atoms with Crippen molar-refractivity contribution in [1.29, 1.82) is 0 Å². The van der Waals surface area contributed by atoms with Gasteiger partial charge in [0.25, 0.3) is 0 Å². The molecule has 1 N–H and O–H groups in total. The van der Waals surface area contributed by atoms with Crippen LogP contribution in [0.2, 0.25) is 4.34 Å². The minimum absolute atomic E-state index is 0.0159. The van der Waals surface area contributed by atoms with Crippen LogP contribution in [-0.2, 0) is 17.8 Å². The van der Waals surface area contributed by atoms with Crippen LogP contribution in [0.25, 0.3) is 0 Å². The highest BCUT2D eigenvalue weighted by molar-refractivity contribution is 7.16. The van der Waals surface area contributed by atoms with Crippen LogP contribution in [0, 0.1) is 0 Å². The van der Waals surface area contributed by atoms with E-state index in [1.54, 1.807) is 7.11 Å². The van der Waals surface area contributed by atoms with E-state index < -0.39 is 0 Å². The third kappa shape index (κ3) is 4.26. The summed E-state index contributed by atoms with van der Waals surface area (Å²) in [5.41, 5.74) is 0.932. The third-order valence-corrected chi connectivity index (χ3v) is 3.82. The average Bonchev–Trinajstić information content (AvgIpc) is 2.82. The summed E-state index contributed by atoms with van der Waals surface area (Å²) in [4.78, 5) is 12.9. The Hall–Kier alpha value is -1.52. The minimum Gasteiger partial charge on any atom is -0.497 e. The summed E-state index contributed by atoms with van der Waals surface area (Å²) in [7, 11) is 1.61. The molecule has 0 bridgehead atoms. The van der Waals surface area contributed by atoms with Crippen LogP contribution in [-0.4, -0.2) is 13.0 Å². The Bertz CT molecular complexity index is 568. The molecular weight excluding hydrogens is 282 g/mol. The fraction of sp³-hybridized carbons (Fsp3) is 0.214. The number of benzene rings is 1. The topological polar surface area (TPSA) is 38.3 Å². The molecule has 1 aromatic heterocycles. The Kier molecular flexibility index (Phi) is 4.82. The largest absolute Gasteiger partial charge is 0.497 e. The van der Waals surface area contributed by atoms with Crippen molar-refractivity contribution < 1.29 is 9.53 Å². The summed E-state index contributed by atoms with van der Waals surface area (Å²) in [6, 6.07) is 11.2. The lowest BCUT2D eigenvalue weighted by Gasteiger charge is -2.05. The van der Waals surface area contributed by atoms with Gasteiger partial charge in [0.1, 0.15) is 5.75 Å². The zero-order chi connectivity index (χ0) is 13.7. The van der Waals surface area contributed by atoms with Crippen LogP contribution in [0.1, 0.15) is 10.4 Å². The van der Waals surface area contributed by atoms with Crippen LogP contribution in [0.5, 0.6) is 5.75 Å². The first-order valence-corrected chi connectivity index (χ1v) is 7.00. The smallest absolute Gasteiger partial charge is 0.224 e. The average molecular weight is 296 g/mol. The fourth-order valence-electron chi connectivity index (χ4n) is 1.66. The fourth-order valence-corrected chi connectivity index (χ4v) is 2.69. The number of hydrogen-bond acceptors (Lipinski definition) is 3. The maximum Gasteiger partial charge on any atom is 0.224 e. The molecule has 2 rings (SSSR count). The molecule has 0 saturated heterocycles. The van der Waals surface area contributed by atoms with Crippen LogP contribution in [0.4, 0.5) is 0 Å². The van der Waals surface area contributed by atoms with Gasteiger partial charge >= 0.3 is 0 Å². The first kappa shape index (κ1) is 13.9. The van der Waals surface area contributed by atoms with Crippen molar-refractivity contribution in [2.75, 3.05) is 7.11 Å². The maximum absolute atomic E-state index is 11.8. The normalized spacial score (nSPS) is 10.2. The number of halogens is 1. The molecule has 0 atom stereocenters. The molecule has 1 amide bonds. The van der Waals surface area contributed by atoms with Crippen molar-refractivity contribution in [2.45, 2.75) is 13.0 Å². The lowest BCUT2D eigenvalue weighted by molar-refractivity contribution is -0.120. The van der Waals surface area contributed by atoms with Crippen molar-refractivity contribution in [3.05, 3.63) is 51.2 Å². The Morgan fingerprint density at radius 3 is 2.89 bits per heavy atom. The maximum atomic E-state index is 11.8. The highest BCUT2D eigenvalue weighted by atomic mass is 35.5. The number of methoxy groups -OCH3 is 1. The molecular formula is C14H14ClNO2S. The summed E-state index contributed by atoms with van der Waals surface area (Å²) in [5.74, 6) is 0.744. The molecule has 1 heterocycles. The van der Waals surface area contributed by atoms with Gasteiger partial charge in [0.15, 0.2) is 0 Å². The van der Waals surface area contributed by atoms with Gasteiger partial charge in [-0.25, -0.2) is 0 Å². The Balaban J connectivity index is 1.86. The van der Waals surface area contributed by atoms with E-state index in [4.69, 9.17) is 16.3 Å². The van der Waals surface area contributed by atoms with Gasteiger partial charge < -0.3 is 10.1 Å². The van der Waals surface area contributed by atoms with Gasteiger partial charge in [-0.05, 0) is 29.8 Å². The molecule has 5 heteroatoms. The molecule has 19 heavy (non-hydrogen) atoms. The molecule has 1 aromatic carbocycles. The predicted octanol–water partition coefficient (Wildman–Crippen LogP) is 3.27. The summed E-state index contributed by atoms with van der Waals surface area (Å²) < 4.78 is 5.86. The van der Waals surface area contributed by atoms with E-state index >= 15 is 0 Å². The lowest BCUT2D eigenvalue weighted by Crippen LogP contribution is -2.24. The van der Waals surface area contributed by atoms with Crippen LogP contribution in [0.3, 0.4) is 0 Å². The number of hydrogen-bond donors (Lipinski definition) is 1. The molecule has 0 saturated carbocycles. The quantitative estimate of drug-likeness (QED) is 0.919. The zero-order valence-corrected chi connectivity index (χ0v) is 12.1. The number of ether oxygens (including phenoxy) is 1. The zero-order valence-electron chi connectivity index (χ0n) is 10.5. The molecule has 2 aromatic rings. The van der Waals surface area contributed by atoms with Crippen molar-refractivity contribution in [3.63, 3.8) is 0 Å². The van der Waals surface area contributed by atoms with Gasteiger partial charge in [-0.3, -0.25) is 4.79 Å². The molecule has 3 nitrogen and oxygen atoms in total. The van der Waals surface area contributed by atoms with Gasteiger partial charge in [0.05, 0.1) is 24.4 Å². The highest BCUT2D eigenvalue weighted by Gasteiger charge is 2.05. The van der Waals surface area contributed by atoms with E-state index in [2.05, 4.69) is 5.32 Å². The summed E-state index contributed by atoms with van der Waals surface area (Å²) in [6.45, 7) is 0.514. The van der Waals surface area contributed by atoms with Crippen LogP contribution >= 0.6 is 22.9 Å².